The summed E-state index contributed by atoms with van der Waals surface area (Å²) < 4.78 is 13.9. The first-order valence-electron chi connectivity index (χ1n) is 4.74. The van der Waals surface area contributed by atoms with Gasteiger partial charge in [-0.25, -0.2) is 4.39 Å². The fraction of sp³-hybridized carbons (Fsp3) is 0.364. The normalized spacial score (nSPS) is 11.9. The topological polar surface area (TPSA) is 35.8 Å². The van der Waals surface area contributed by atoms with E-state index in [4.69, 9.17) is 5.26 Å². The number of nitrogens with one attached hydrogen (secondary N) is 1. The van der Waals surface area contributed by atoms with Crippen molar-refractivity contribution in [2.45, 2.75) is 26.3 Å². The van der Waals surface area contributed by atoms with Crippen molar-refractivity contribution in [3.05, 3.63) is 28.0 Å². The SMILES string of the molecule is CCC(C)Nc1ccc(C#N)c(Br)c1F. The van der Waals surface area contributed by atoms with Gasteiger partial charge in [0, 0.05) is 6.04 Å². The van der Waals surface area contributed by atoms with Crippen LogP contribution in [-0.4, -0.2) is 6.04 Å². The molecule has 1 aromatic carbocycles. The summed E-state index contributed by atoms with van der Waals surface area (Å²) in [6.07, 6.45) is 0.914. The van der Waals surface area contributed by atoms with E-state index >= 15 is 0 Å². The molecule has 0 heterocycles. The van der Waals surface area contributed by atoms with Crippen LogP contribution >= 0.6 is 15.9 Å². The second kappa shape index (κ2) is 5.13. The van der Waals surface area contributed by atoms with Gasteiger partial charge < -0.3 is 5.32 Å². The van der Waals surface area contributed by atoms with E-state index in [1.807, 2.05) is 19.9 Å². The fourth-order valence-corrected chi connectivity index (χ4v) is 1.55. The first-order valence-corrected chi connectivity index (χ1v) is 5.54. The minimum Gasteiger partial charge on any atom is -0.380 e. The Morgan fingerprint density at radius 1 is 1.60 bits per heavy atom. The first kappa shape index (κ1) is 12.0. The minimum atomic E-state index is -0.408. The molecule has 1 aromatic rings. The molecule has 15 heavy (non-hydrogen) atoms. The van der Waals surface area contributed by atoms with Gasteiger partial charge in [0.25, 0.3) is 0 Å². The highest BCUT2D eigenvalue weighted by Gasteiger charge is 2.11. The Morgan fingerprint density at radius 3 is 2.80 bits per heavy atom. The molecule has 4 heteroatoms. The highest BCUT2D eigenvalue weighted by Crippen LogP contribution is 2.27. The average molecular weight is 271 g/mol. The Labute approximate surface area is 97.2 Å². The highest BCUT2D eigenvalue weighted by atomic mass is 79.9. The average Bonchev–Trinajstić information content (AvgIpc) is 2.25. The number of halogens is 2. The van der Waals surface area contributed by atoms with Crippen LogP contribution < -0.4 is 5.32 Å². The molecule has 1 unspecified atom stereocenters. The number of nitriles is 1. The van der Waals surface area contributed by atoms with E-state index in [1.54, 1.807) is 12.1 Å². The number of rotatable bonds is 3. The molecule has 1 atom stereocenters. The van der Waals surface area contributed by atoms with Gasteiger partial charge in [-0.05, 0) is 41.4 Å². The molecule has 0 amide bonds. The van der Waals surface area contributed by atoms with Crippen molar-refractivity contribution in [3.63, 3.8) is 0 Å². The van der Waals surface area contributed by atoms with Crippen LogP contribution in [0, 0.1) is 17.1 Å². The molecule has 0 radical (unpaired) electrons. The molecule has 0 aliphatic heterocycles. The van der Waals surface area contributed by atoms with E-state index in [9.17, 15) is 4.39 Å². The summed E-state index contributed by atoms with van der Waals surface area (Å²) in [6.45, 7) is 4.00. The van der Waals surface area contributed by atoms with Gasteiger partial charge in [0.05, 0.1) is 15.7 Å². The Bertz CT molecular complexity index is 398. The lowest BCUT2D eigenvalue weighted by Gasteiger charge is -2.14. The lowest BCUT2D eigenvalue weighted by Crippen LogP contribution is -2.14. The number of anilines is 1. The van der Waals surface area contributed by atoms with E-state index in [2.05, 4.69) is 21.2 Å². The van der Waals surface area contributed by atoms with Crippen molar-refractivity contribution in [2.75, 3.05) is 5.32 Å². The Hall–Kier alpha value is -1.08. The summed E-state index contributed by atoms with van der Waals surface area (Å²) in [4.78, 5) is 0. The molecule has 0 saturated carbocycles. The Morgan fingerprint density at radius 2 is 2.27 bits per heavy atom. The lowest BCUT2D eigenvalue weighted by atomic mass is 10.2. The zero-order valence-electron chi connectivity index (χ0n) is 8.64. The quantitative estimate of drug-likeness (QED) is 0.910. The van der Waals surface area contributed by atoms with E-state index < -0.39 is 5.82 Å². The number of hydrogen-bond acceptors (Lipinski definition) is 2. The molecule has 1 rings (SSSR count). The zero-order valence-corrected chi connectivity index (χ0v) is 10.2. The molecular weight excluding hydrogens is 259 g/mol. The third-order valence-corrected chi connectivity index (χ3v) is 2.99. The van der Waals surface area contributed by atoms with Crippen LogP contribution in [0.4, 0.5) is 10.1 Å². The summed E-state index contributed by atoms with van der Waals surface area (Å²) in [5.41, 5.74) is 0.734. The maximum Gasteiger partial charge on any atom is 0.161 e. The number of benzene rings is 1. The Kier molecular flexibility index (Phi) is 4.10. The molecule has 0 bridgehead atoms. The largest absolute Gasteiger partial charge is 0.380 e. The van der Waals surface area contributed by atoms with Gasteiger partial charge >= 0.3 is 0 Å². The fourth-order valence-electron chi connectivity index (χ4n) is 1.11. The monoisotopic (exact) mass is 270 g/mol. The molecule has 0 saturated heterocycles. The lowest BCUT2D eigenvalue weighted by molar-refractivity contribution is 0.618. The highest BCUT2D eigenvalue weighted by molar-refractivity contribution is 9.10. The summed E-state index contributed by atoms with van der Waals surface area (Å²) in [5.74, 6) is -0.408. The van der Waals surface area contributed by atoms with Crippen LogP contribution in [0.3, 0.4) is 0 Å². The molecule has 0 aliphatic carbocycles. The van der Waals surface area contributed by atoms with E-state index in [0.29, 0.717) is 11.3 Å². The molecule has 1 N–H and O–H groups in total. The molecule has 0 fully saturated rings. The molecular formula is C11H12BrFN2. The first-order chi connectivity index (χ1) is 7.10. The molecule has 0 spiro atoms. The van der Waals surface area contributed by atoms with Crippen molar-refractivity contribution in [3.8, 4) is 6.07 Å². The van der Waals surface area contributed by atoms with Crippen molar-refractivity contribution in [2.24, 2.45) is 0 Å². The van der Waals surface area contributed by atoms with Crippen molar-refractivity contribution in [1.29, 1.82) is 5.26 Å². The van der Waals surface area contributed by atoms with E-state index in [-0.39, 0.29) is 10.5 Å². The van der Waals surface area contributed by atoms with E-state index in [1.165, 1.54) is 0 Å². The molecule has 2 nitrogen and oxygen atoms in total. The predicted octanol–water partition coefficient (Wildman–Crippen LogP) is 3.67. The zero-order chi connectivity index (χ0) is 11.4. The number of nitrogens with zero attached hydrogens (tertiary/aromatic N) is 1. The van der Waals surface area contributed by atoms with Gasteiger partial charge in [0.2, 0.25) is 0 Å². The van der Waals surface area contributed by atoms with Gasteiger partial charge in [-0.2, -0.15) is 5.26 Å². The second-order valence-electron chi connectivity index (χ2n) is 3.35. The van der Waals surface area contributed by atoms with Gasteiger partial charge in [-0.15, -0.1) is 0 Å². The summed E-state index contributed by atoms with van der Waals surface area (Å²) in [7, 11) is 0. The second-order valence-corrected chi connectivity index (χ2v) is 4.15. The van der Waals surface area contributed by atoms with Crippen LogP contribution in [0.1, 0.15) is 25.8 Å². The smallest absolute Gasteiger partial charge is 0.161 e. The van der Waals surface area contributed by atoms with Crippen molar-refractivity contribution in [1.82, 2.24) is 0 Å². The van der Waals surface area contributed by atoms with Crippen LogP contribution in [0.15, 0.2) is 16.6 Å². The van der Waals surface area contributed by atoms with Crippen molar-refractivity contribution < 1.29 is 4.39 Å². The van der Waals surface area contributed by atoms with Gasteiger partial charge in [-0.1, -0.05) is 6.92 Å². The summed E-state index contributed by atoms with van der Waals surface area (Å²) in [5, 5.41) is 11.7. The minimum absolute atomic E-state index is 0.208. The van der Waals surface area contributed by atoms with Crippen LogP contribution in [0.25, 0.3) is 0 Å². The van der Waals surface area contributed by atoms with E-state index in [0.717, 1.165) is 6.42 Å². The van der Waals surface area contributed by atoms with Gasteiger partial charge in [-0.3, -0.25) is 0 Å². The standard InChI is InChI=1S/C11H12BrFN2/c1-3-7(2)15-9-5-4-8(6-14)10(12)11(9)13/h4-5,7,15H,3H2,1-2H3. The van der Waals surface area contributed by atoms with Crippen molar-refractivity contribution >= 4 is 21.6 Å². The number of hydrogen-bond donors (Lipinski definition) is 1. The predicted molar refractivity (Wildman–Crippen MR) is 62.2 cm³/mol. The molecule has 0 aromatic heterocycles. The third kappa shape index (κ3) is 2.69. The maximum absolute atomic E-state index is 13.7. The van der Waals surface area contributed by atoms with Gasteiger partial charge in [0.15, 0.2) is 5.82 Å². The van der Waals surface area contributed by atoms with Crippen LogP contribution in [-0.2, 0) is 0 Å². The molecule has 80 valence electrons. The van der Waals surface area contributed by atoms with Crippen LogP contribution in [0.5, 0.6) is 0 Å². The third-order valence-electron chi connectivity index (χ3n) is 2.22. The summed E-state index contributed by atoms with van der Waals surface area (Å²) in [6, 6.07) is 5.31. The summed E-state index contributed by atoms with van der Waals surface area (Å²) >= 11 is 3.07. The molecule has 0 aliphatic rings. The van der Waals surface area contributed by atoms with Gasteiger partial charge in [0.1, 0.15) is 6.07 Å². The van der Waals surface area contributed by atoms with Crippen LogP contribution in [0.2, 0.25) is 0 Å². The Balaban J connectivity index is 3.03. The maximum atomic E-state index is 13.7.